The lowest BCUT2D eigenvalue weighted by atomic mass is 10.1. The van der Waals surface area contributed by atoms with Crippen molar-refractivity contribution in [3.8, 4) is 5.88 Å². The van der Waals surface area contributed by atoms with E-state index < -0.39 is 0 Å². The van der Waals surface area contributed by atoms with Crippen LogP contribution < -0.4 is 15.0 Å². The van der Waals surface area contributed by atoms with E-state index in [4.69, 9.17) is 4.74 Å². The van der Waals surface area contributed by atoms with Crippen molar-refractivity contribution in [3.63, 3.8) is 0 Å². The first kappa shape index (κ1) is 20.6. The fourth-order valence-corrected chi connectivity index (χ4v) is 4.19. The normalized spacial score (nSPS) is 18.6. The van der Waals surface area contributed by atoms with E-state index in [1.54, 1.807) is 18.6 Å². The van der Waals surface area contributed by atoms with Crippen molar-refractivity contribution in [1.29, 1.82) is 0 Å². The van der Waals surface area contributed by atoms with Crippen molar-refractivity contribution in [2.45, 2.75) is 44.6 Å². The Kier molecular flexibility index (Phi) is 7.13. The van der Waals surface area contributed by atoms with Gasteiger partial charge in [0.15, 0.2) is 0 Å². The van der Waals surface area contributed by atoms with E-state index in [2.05, 4.69) is 37.2 Å². The van der Waals surface area contributed by atoms with Crippen LogP contribution in [0, 0.1) is 0 Å². The molecule has 30 heavy (non-hydrogen) atoms. The first-order valence-corrected chi connectivity index (χ1v) is 11.1. The maximum Gasteiger partial charge on any atom is 0.238 e. The van der Waals surface area contributed by atoms with Crippen molar-refractivity contribution < 1.29 is 9.53 Å². The molecular formula is C23H31N5O2. The molecule has 0 spiro atoms. The zero-order valence-electron chi connectivity index (χ0n) is 17.5. The minimum absolute atomic E-state index is 0.0332. The molecule has 1 aromatic heterocycles. The lowest BCUT2D eigenvalue weighted by molar-refractivity contribution is -0.117. The van der Waals surface area contributed by atoms with E-state index in [1.165, 1.54) is 31.4 Å². The summed E-state index contributed by atoms with van der Waals surface area (Å²) in [4.78, 5) is 25.3. The molecule has 3 heterocycles. The molecule has 4 rings (SSSR count). The van der Waals surface area contributed by atoms with Gasteiger partial charge in [-0.05, 0) is 49.9 Å². The van der Waals surface area contributed by atoms with Crippen molar-refractivity contribution in [1.82, 2.24) is 14.9 Å². The minimum atomic E-state index is 0.0332. The second-order valence-electron chi connectivity index (χ2n) is 8.13. The second kappa shape index (κ2) is 10.4. The van der Waals surface area contributed by atoms with Crippen LogP contribution in [0.2, 0.25) is 0 Å². The molecule has 7 nitrogen and oxygen atoms in total. The van der Waals surface area contributed by atoms with Gasteiger partial charge in [-0.3, -0.25) is 14.7 Å². The van der Waals surface area contributed by atoms with Crippen LogP contribution in [0.4, 0.5) is 11.4 Å². The van der Waals surface area contributed by atoms with E-state index >= 15 is 0 Å². The van der Waals surface area contributed by atoms with Gasteiger partial charge >= 0.3 is 0 Å². The van der Waals surface area contributed by atoms with Crippen LogP contribution >= 0.6 is 0 Å². The van der Waals surface area contributed by atoms with Gasteiger partial charge < -0.3 is 15.0 Å². The highest BCUT2D eigenvalue weighted by atomic mass is 16.5. The standard InChI is InChI=1S/C23H31N5O2/c29-22(18-27-15-9-21(10-16-27)30-23-17-24-11-12-25-23)26-19-5-7-20(8-6-19)28-13-3-1-2-4-14-28/h5-8,11-12,17,21H,1-4,9-10,13-16,18H2,(H,26,29). The molecule has 1 N–H and O–H groups in total. The van der Waals surface area contributed by atoms with Crippen LogP contribution in [-0.4, -0.2) is 59.6 Å². The molecular weight excluding hydrogens is 378 g/mol. The molecule has 0 saturated carbocycles. The second-order valence-corrected chi connectivity index (χ2v) is 8.13. The number of nitrogens with one attached hydrogen (secondary N) is 1. The van der Waals surface area contributed by atoms with Gasteiger partial charge in [-0.1, -0.05) is 12.8 Å². The Labute approximate surface area is 178 Å². The maximum absolute atomic E-state index is 12.5. The Balaban J connectivity index is 1.20. The van der Waals surface area contributed by atoms with Gasteiger partial charge in [-0.25, -0.2) is 4.98 Å². The van der Waals surface area contributed by atoms with E-state index in [0.29, 0.717) is 12.4 Å². The number of aromatic nitrogens is 2. The van der Waals surface area contributed by atoms with Crippen LogP contribution in [-0.2, 0) is 4.79 Å². The highest BCUT2D eigenvalue weighted by Crippen LogP contribution is 2.22. The number of likely N-dealkylation sites (tertiary alicyclic amines) is 1. The highest BCUT2D eigenvalue weighted by Gasteiger charge is 2.22. The van der Waals surface area contributed by atoms with Crippen molar-refractivity contribution in [2.24, 2.45) is 0 Å². The number of benzene rings is 1. The molecule has 2 aromatic rings. The predicted octanol–water partition coefficient (Wildman–Crippen LogP) is 3.34. The summed E-state index contributed by atoms with van der Waals surface area (Å²) in [5.41, 5.74) is 2.11. The summed E-state index contributed by atoms with van der Waals surface area (Å²) in [6.07, 6.45) is 12.0. The molecule has 1 amide bonds. The van der Waals surface area contributed by atoms with E-state index in [1.807, 2.05) is 12.1 Å². The van der Waals surface area contributed by atoms with Gasteiger partial charge in [0, 0.05) is 49.9 Å². The third-order valence-electron chi connectivity index (χ3n) is 5.85. The summed E-state index contributed by atoms with van der Waals surface area (Å²) in [5.74, 6) is 0.600. The number of hydrogen-bond donors (Lipinski definition) is 1. The van der Waals surface area contributed by atoms with Crippen LogP contribution in [0.1, 0.15) is 38.5 Å². The number of ether oxygens (including phenoxy) is 1. The van der Waals surface area contributed by atoms with E-state index in [-0.39, 0.29) is 12.0 Å². The number of piperidine rings is 1. The first-order chi connectivity index (χ1) is 14.8. The van der Waals surface area contributed by atoms with Crippen molar-refractivity contribution >= 4 is 17.3 Å². The molecule has 0 aliphatic carbocycles. The average molecular weight is 410 g/mol. The van der Waals surface area contributed by atoms with Gasteiger partial charge in [0.05, 0.1) is 12.7 Å². The monoisotopic (exact) mass is 409 g/mol. The fourth-order valence-electron chi connectivity index (χ4n) is 4.19. The zero-order chi connectivity index (χ0) is 20.6. The molecule has 1 aromatic carbocycles. The van der Waals surface area contributed by atoms with Gasteiger partial charge in [-0.2, -0.15) is 0 Å². The Morgan fingerprint density at radius 2 is 1.73 bits per heavy atom. The number of rotatable bonds is 6. The van der Waals surface area contributed by atoms with Gasteiger partial charge in [0.25, 0.3) is 0 Å². The molecule has 2 aliphatic heterocycles. The van der Waals surface area contributed by atoms with Gasteiger partial charge in [0.1, 0.15) is 6.10 Å². The lowest BCUT2D eigenvalue weighted by Crippen LogP contribution is -2.42. The van der Waals surface area contributed by atoms with Crippen LogP contribution in [0.5, 0.6) is 5.88 Å². The van der Waals surface area contributed by atoms with Crippen LogP contribution in [0.3, 0.4) is 0 Å². The number of hydrogen-bond acceptors (Lipinski definition) is 6. The zero-order valence-corrected chi connectivity index (χ0v) is 17.5. The molecule has 2 fully saturated rings. The fraction of sp³-hybridized carbons (Fsp3) is 0.522. The van der Waals surface area contributed by atoms with E-state index in [9.17, 15) is 4.79 Å². The Bertz CT molecular complexity index is 783. The smallest absolute Gasteiger partial charge is 0.238 e. The quantitative estimate of drug-likeness (QED) is 0.789. The number of anilines is 2. The summed E-state index contributed by atoms with van der Waals surface area (Å²) in [5, 5.41) is 3.03. The summed E-state index contributed by atoms with van der Waals surface area (Å²) < 4.78 is 5.87. The van der Waals surface area contributed by atoms with Gasteiger partial charge in [-0.15, -0.1) is 0 Å². The molecule has 0 atom stereocenters. The van der Waals surface area contributed by atoms with Gasteiger partial charge in [0.2, 0.25) is 11.8 Å². The molecule has 2 saturated heterocycles. The molecule has 160 valence electrons. The molecule has 2 aliphatic rings. The number of nitrogens with zero attached hydrogens (tertiary/aromatic N) is 4. The van der Waals surface area contributed by atoms with Crippen molar-refractivity contribution in [3.05, 3.63) is 42.9 Å². The average Bonchev–Trinajstić information content (AvgIpc) is 3.06. The third-order valence-corrected chi connectivity index (χ3v) is 5.85. The topological polar surface area (TPSA) is 70.6 Å². The SMILES string of the molecule is O=C(CN1CCC(Oc2cnccn2)CC1)Nc1ccc(N2CCCCCC2)cc1. The molecule has 7 heteroatoms. The van der Waals surface area contributed by atoms with E-state index in [0.717, 1.165) is 44.7 Å². The molecule has 0 unspecified atom stereocenters. The predicted molar refractivity (Wildman–Crippen MR) is 118 cm³/mol. The third kappa shape index (κ3) is 5.92. The molecule has 0 radical (unpaired) electrons. The summed E-state index contributed by atoms with van der Waals surface area (Å²) in [6, 6.07) is 8.27. The molecule has 0 bridgehead atoms. The lowest BCUT2D eigenvalue weighted by Gasteiger charge is -2.31. The highest BCUT2D eigenvalue weighted by molar-refractivity contribution is 5.92. The minimum Gasteiger partial charge on any atom is -0.473 e. The summed E-state index contributed by atoms with van der Waals surface area (Å²) in [7, 11) is 0. The Hall–Kier alpha value is -2.67. The Morgan fingerprint density at radius 1 is 1.00 bits per heavy atom. The summed E-state index contributed by atoms with van der Waals surface area (Å²) in [6.45, 7) is 4.34. The van der Waals surface area contributed by atoms with Crippen molar-refractivity contribution in [2.75, 3.05) is 42.9 Å². The largest absolute Gasteiger partial charge is 0.473 e. The van der Waals surface area contributed by atoms with Crippen LogP contribution in [0.25, 0.3) is 0 Å². The number of carbonyl (C=O) groups excluding carboxylic acids is 1. The number of amides is 1. The van der Waals surface area contributed by atoms with Crippen LogP contribution in [0.15, 0.2) is 42.9 Å². The Morgan fingerprint density at radius 3 is 2.40 bits per heavy atom. The number of carbonyl (C=O) groups is 1. The first-order valence-electron chi connectivity index (χ1n) is 11.1. The maximum atomic E-state index is 12.5. The summed E-state index contributed by atoms with van der Waals surface area (Å²) >= 11 is 0.